The number of nitrogens with one attached hydrogen (secondary N) is 1. The highest BCUT2D eigenvalue weighted by Crippen LogP contribution is 2.35. The van der Waals surface area contributed by atoms with E-state index in [9.17, 15) is 9.18 Å². The van der Waals surface area contributed by atoms with Crippen molar-refractivity contribution in [3.05, 3.63) is 59.7 Å². The van der Waals surface area contributed by atoms with Crippen molar-refractivity contribution in [2.75, 3.05) is 11.4 Å². The van der Waals surface area contributed by atoms with Crippen molar-refractivity contribution in [2.24, 2.45) is 0 Å². The fraction of sp³-hybridized carbons (Fsp3) is 0.409. The first-order chi connectivity index (χ1) is 14.2. The molecule has 1 saturated carbocycles. The maximum absolute atomic E-state index is 13.7. The number of amides is 1. The SMILES string of the molecule is O=C(NC1CCCC1)c1cnc2ccc(N3CCCC3c3cccc(F)c3)nn12. The summed E-state index contributed by atoms with van der Waals surface area (Å²) in [5.41, 5.74) is 2.05. The summed E-state index contributed by atoms with van der Waals surface area (Å²) in [6.45, 7) is 0.845. The van der Waals surface area contributed by atoms with Crippen LogP contribution in [0.3, 0.4) is 0 Å². The second-order valence-electron chi connectivity index (χ2n) is 7.97. The summed E-state index contributed by atoms with van der Waals surface area (Å²) in [5, 5.41) is 7.84. The minimum atomic E-state index is -0.224. The number of hydrogen-bond donors (Lipinski definition) is 1. The van der Waals surface area contributed by atoms with E-state index in [-0.39, 0.29) is 23.8 Å². The monoisotopic (exact) mass is 393 g/mol. The number of hydrogen-bond acceptors (Lipinski definition) is 4. The molecule has 1 atom stereocenters. The predicted octanol–water partition coefficient (Wildman–Crippen LogP) is 3.88. The number of carbonyl (C=O) groups excluding carboxylic acids is 1. The molecule has 1 aliphatic heterocycles. The van der Waals surface area contributed by atoms with Crippen LogP contribution >= 0.6 is 0 Å². The van der Waals surface area contributed by atoms with Crippen molar-refractivity contribution >= 4 is 17.4 Å². The Bertz CT molecular complexity index is 1040. The molecule has 2 fully saturated rings. The third-order valence-corrected chi connectivity index (χ3v) is 6.05. The van der Waals surface area contributed by atoms with Crippen LogP contribution in [0.25, 0.3) is 5.65 Å². The van der Waals surface area contributed by atoms with Gasteiger partial charge in [-0.05, 0) is 55.5 Å². The number of fused-ring (bicyclic) bond motifs is 1. The summed E-state index contributed by atoms with van der Waals surface area (Å²) in [4.78, 5) is 19.3. The molecule has 3 heterocycles. The minimum Gasteiger partial charge on any atom is -0.348 e. The molecule has 1 saturated heterocycles. The van der Waals surface area contributed by atoms with Gasteiger partial charge in [-0.1, -0.05) is 25.0 Å². The van der Waals surface area contributed by atoms with Crippen LogP contribution in [0.4, 0.5) is 10.2 Å². The van der Waals surface area contributed by atoms with Gasteiger partial charge in [-0.25, -0.2) is 13.9 Å². The van der Waals surface area contributed by atoms with E-state index < -0.39 is 0 Å². The lowest BCUT2D eigenvalue weighted by Gasteiger charge is -2.26. The van der Waals surface area contributed by atoms with Gasteiger partial charge in [0, 0.05) is 12.6 Å². The lowest BCUT2D eigenvalue weighted by atomic mass is 10.0. The Hall–Kier alpha value is -2.96. The van der Waals surface area contributed by atoms with E-state index in [0.29, 0.717) is 11.3 Å². The highest BCUT2D eigenvalue weighted by Gasteiger charge is 2.28. The molecule has 1 N–H and O–H groups in total. The molecule has 7 heteroatoms. The number of rotatable bonds is 4. The second kappa shape index (κ2) is 7.46. The van der Waals surface area contributed by atoms with E-state index in [0.717, 1.165) is 56.5 Å². The van der Waals surface area contributed by atoms with Crippen LogP contribution in [0.5, 0.6) is 0 Å². The van der Waals surface area contributed by atoms with Crippen LogP contribution in [0.2, 0.25) is 0 Å². The Labute approximate surface area is 168 Å². The average Bonchev–Trinajstić information content (AvgIpc) is 3.47. The zero-order valence-electron chi connectivity index (χ0n) is 16.2. The molecule has 1 aliphatic carbocycles. The van der Waals surface area contributed by atoms with Crippen LogP contribution in [0.15, 0.2) is 42.6 Å². The lowest BCUT2D eigenvalue weighted by Crippen LogP contribution is -2.33. The van der Waals surface area contributed by atoms with Gasteiger partial charge in [0.15, 0.2) is 11.3 Å². The van der Waals surface area contributed by atoms with Crippen molar-refractivity contribution in [2.45, 2.75) is 50.6 Å². The number of nitrogens with zero attached hydrogens (tertiary/aromatic N) is 4. The lowest BCUT2D eigenvalue weighted by molar-refractivity contribution is 0.0931. The zero-order chi connectivity index (χ0) is 19.8. The van der Waals surface area contributed by atoms with Crippen LogP contribution in [-0.4, -0.2) is 33.1 Å². The smallest absolute Gasteiger partial charge is 0.271 e. The molecular formula is C22H24FN5O. The molecule has 6 nitrogen and oxygen atoms in total. The fourth-order valence-corrected chi connectivity index (χ4v) is 4.60. The van der Waals surface area contributed by atoms with Crippen LogP contribution in [0.1, 0.15) is 60.6 Å². The van der Waals surface area contributed by atoms with Gasteiger partial charge in [0.05, 0.1) is 12.2 Å². The fourth-order valence-electron chi connectivity index (χ4n) is 4.60. The van der Waals surface area contributed by atoms with Gasteiger partial charge in [-0.3, -0.25) is 4.79 Å². The van der Waals surface area contributed by atoms with E-state index in [1.807, 2.05) is 18.2 Å². The number of halogens is 1. The average molecular weight is 393 g/mol. The largest absolute Gasteiger partial charge is 0.348 e. The first kappa shape index (κ1) is 18.1. The second-order valence-corrected chi connectivity index (χ2v) is 7.97. The van der Waals surface area contributed by atoms with Crippen molar-refractivity contribution in [1.29, 1.82) is 0 Å². The first-order valence-electron chi connectivity index (χ1n) is 10.4. The molecule has 1 amide bonds. The van der Waals surface area contributed by atoms with E-state index in [4.69, 9.17) is 5.10 Å². The Kier molecular flexibility index (Phi) is 4.66. The number of imidazole rings is 1. The summed E-state index contributed by atoms with van der Waals surface area (Å²) in [6, 6.07) is 10.9. The van der Waals surface area contributed by atoms with E-state index in [1.165, 1.54) is 6.07 Å². The predicted molar refractivity (Wildman–Crippen MR) is 108 cm³/mol. The topological polar surface area (TPSA) is 62.5 Å². The van der Waals surface area contributed by atoms with Gasteiger partial charge in [-0.2, -0.15) is 0 Å². The molecule has 0 radical (unpaired) electrons. The summed E-state index contributed by atoms with van der Waals surface area (Å²) in [5.74, 6) is 0.424. The van der Waals surface area contributed by atoms with Crippen LogP contribution in [-0.2, 0) is 0 Å². The standard InChI is InChI=1S/C22H24FN5O/c23-16-6-3-5-15(13-16)18-9-4-12-27(18)21-11-10-20-24-14-19(28(20)26-21)22(29)25-17-7-1-2-8-17/h3,5-6,10-11,13-14,17-18H,1-2,4,7-9,12H2,(H,25,29). The Balaban J connectivity index is 1.45. The third kappa shape index (κ3) is 3.45. The molecular weight excluding hydrogens is 369 g/mol. The summed E-state index contributed by atoms with van der Waals surface area (Å²) >= 11 is 0. The van der Waals surface area contributed by atoms with Crippen molar-refractivity contribution in [1.82, 2.24) is 19.9 Å². The van der Waals surface area contributed by atoms with Gasteiger partial charge < -0.3 is 10.2 Å². The number of anilines is 1. The molecule has 1 unspecified atom stereocenters. The molecule has 5 rings (SSSR count). The molecule has 2 aromatic heterocycles. The molecule has 0 spiro atoms. The molecule has 0 bridgehead atoms. The molecule has 29 heavy (non-hydrogen) atoms. The molecule has 2 aliphatic rings. The van der Waals surface area contributed by atoms with Crippen molar-refractivity contribution in [3.63, 3.8) is 0 Å². The normalized spacial score (nSPS) is 19.9. The van der Waals surface area contributed by atoms with Crippen LogP contribution < -0.4 is 10.2 Å². The highest BCUT2D eigenvalue weighted by atomic mass is 19.1. The van der Waals surface area contributed by atoms with Gasteiger partial charge >= 0.3 is 0 Å². The van der Waals surface area contributed by atoms with Gasteiger partial charge in [0.25, 0.3) is 5.91 Å². The summed E-state index contributed by atoms with van der Waals surface area (Å²) in [7, 11) is 0. The third-order valence-electron chi connectivity index (χ3n) is 6.05. The van der Waals surface area contributed by atoms with Gasteiger partial charge in [0.1, 0.15) is 11.6 Å². The van der Waals surface area contributed by atoms with Crippen LogP contribution in [0, 0.1) is 5.82 Å². The minimum absolute atomic E-state index is 0.0786. The Morgan fingerprint density at radius 1 is 1.10 bits per heavy atom. The molecule has 3 aromatic rings. The first-order valence-corrected chi connectivity index (χ1v) is 10.4. The van der Waals surface area contributed by atoms with Crippen molar-refractivity contribution < 1.29 is 9.18 Å². The van der Waals surface area contributed by atoms with E-state index >= 15 is 0 Å². The number of benzene rings is 1. The highest BCUT2D eigenvalue weighted by molar-refractivity contribution is 5.93. The number of carbonyl (C=O) groups is 1. The number of aromatic nitrogens is 3. The maximum atomic E-state index is 13.7. The van der Waals surface area contributed by atoms with E-state index in [2.05, 4.69) is 15.2 Å². The maximum Gasteiger partial charge on any atom is 0.271 e. The zero-order valence-corrected chi connectivity index (χ0v) is 16.2. The van der Waals surface area contributed by atoms with Crippen molar-refractivity contribution in [3.8, 4) is 0 Å². The Morgan fingerprint density at radius 2 is 1.97 bits per heavy atom. The Morgan fingerprint density at radius 3 is 2.79 bits per heavy atom. The molecule has 1 aromatic carbocycles. The quantitative estimate of drug-likeness (QED) is 0.731. The summed E-state index contributed by atoms with van der Waals surface area (Å²) < 4.78 is 15.4. The van der Waals surface area contributed by atoms with Gasteiger partial charge in [-0.15, -0.1) is 5.10 Å². The summed E-state index contributed by atoms with van der Waals surface area (Å²) in [6.07, 6.45) is 7.94. The van der Waals surface area contributed by atoms with E-state index in [1.54, 1.807) is 22.8 Å². The molecule has 150 valence electrons. The van der Waals surface area contributed by atoms with Gasteiger partial charge in [0.2, 0.25) is 0 Å².